The molecule has 7 nitrogen and oxygen atoms in total. The largest absolute Gasteiger partial charge is 1.00 e. The summed E-state index contributed by atoms with van der Waals surface area (Å²) in [6, 6.07) is 12.3. The molecule has 0 saturated carbocycles. The first kappa shape index (κ1) is 24.0. The van der Waals surface area contributed by atoms with E-state index >= 15 is 0 Å². The summed E-state index contributed by atoms with van der Waals surface area (Å²) < 4.78 is 0. The molecule has 1 aliphatic heterocycles. The number of hydrogen-bond donors (Lipinski definition) is 3. The van der Waals surface area contributed by atoms with Crippen molar-refractivity contribution in [1.29, 1.82) is 5.26 Å². The Kier molecular flexibility index (Phi) is 11.7. The second kappa shape index (κ2) is 13.2. The maximum Gasteiger partial charge on any atom is 1.00 e. The Morgan fingerprint density at radius 3 is 2.63 bits per heavy atom. The van der Waals surface area contributed by atoms with Crippen LogP contribution in [0.4, 0.5) is 0 Å². The van der Waals surface area contributed by atoms with Gasteiger partial charge in [0.05, 0.1) is 24.1 Å². The molecule has 1 aromatic rings. The van der Waals surface area contributed by atoms with Crippen LogP contribution >= 0.6 is 0 Å². The van der Waals surface area contributed by atoms with E-state index in [-0.39, 0.29) is 57.9 Å². The standard InChI is InChI=1S/C19H28N7.K/c1-16(24-9-8-20)18(19(21)22-2)26(14-17-6-4-3-5-7-17)15-25-12-10-23-11-13-25;/h3-7,23-24H,1,9-15,21H2,2H3;/q-1;+1/b19-18+;. The minimum atomic E-state index is 0. The van der Waals surface area contributed by atoms with E-state index in [1.54, 1.807) is 7.05 Å². The third-order valence-electron chi connectivity index (χ3n) is 4.26. The fourth-order valence-corrected chi connectivity index (χ4v) is 2.94. The molecule has 0 amide bonds. The maximum absolute atomic E-state index is 8.87. The van der Waals surface area contributed by atoms with E-state index in [1.807, 2.05) is 18.2 Å². The number of nitrogens with two attached hydrogens (primary N) is 1. The van der Waals surface area contributed by atoms with Crippen LogP contribution < -0.4 is 67.8 Å². The van der Waals surface area contributed by atoms with Crippen molar-refractivity contribution in [3.05, 3.63) is 65.0 Å². The van der Waals surface area contributed by atoms with Crippen molar-refractivity contribution in [3.8, 4) is 6.07 Å². The smallest absolute Gasteiger partial charge is 0.493 e. The van der Waals surface area contributed by atoms with Crippen LogP contribution in [0.3, 0.4) is 0 Å². The van der Waals surface area contributed by atoms with Gasteiger partial charge in [0, 0.05) is 32.7 Å². The molecule has 140 valence electrons. The predicted molar refractivity (Wildman–Crippen MR) is 105 cm³/mol. The monoisotopic (exact) mass is 393 g/mol. The average molecular weight is 394 g/mol. The van der Waals surface area contributed by atoms with Crippen molar-refractivity contribution < 1.29 is 51.4 Å². The van der Waals surface area contributed by atoms with Gasteiger partial charge in [-0.15, -0.1) is 0 Å². The van der Waals surface area contributed by atoms with Gasteiger partial charge in [0.15, 0.2) is 0 Å². The molecule has 0 radical (unpaired) electrons. The third kappa shape index (κ3) is 7.83. The van der Waals surface area contributed by atoms with Crippen molar-refractivity contribution in [3.63, 3.8) is 0 Å². The molecular weight excluding hydrogens is 365 g/mol. The van der Waals surface area contributed by atoms with E-state index in [2.05, 4.69) is 50.5 Å². The summed E-state index contributed by atoms with van der Waals surface area (Å²) >= 11 is 0. The predicted octanol–water partition coefficient (Wildman–Crippen LogP) is -1.89. The summed E-state index contributed by atoms with van der Waals surface area (Å²) in [6.45, 7) is 9.55. The van der Waals surface area contributed by atoms with E-state index in [0.29, 0.717) is 18.1 Å². The topological polar surface area (TPSA) is 94.4 Å². The molecular formula is C19H28KN7. The molecule has 1 fully saturated rings. The molecule has 0 aromatic heterocycles. The number of nitrogens with one attached hydrogen (secondary N) is 2. The second-order valence-corrected chi connectivity index (χ2v) is 6.14. The summed E-state index contributed by atoms with van der Waals surface area (Å²) in [5, 5.41) is 19.4. The molecule has 8 heteroatoms. The van der Waals surface area contributed by atoms with E-state index in [4.69, 9.17) is 11.0 Å². The van der Waals surface area contributed by atoms with Gasteiger partial charge in [-0.3, -0.25) is 4.90 Å². The quantitative estimate of drug-likeness (QED) is 0.258. The van der Waals surface area contributed by atoms with Crippen LogP contribution in [0.1, 0.15) is 5.56 Å². The molecule has 2 rings (SSSR count). The Hall–Kier alpha value is -1.05. The van der Waals surface area contributed by atoms with Crippen LogP contribution in [0.25, 0.3) is 5.32 Å². The van der Waals surface area contributed by atoms with Gasteiger partial charge in [-0.25, -0.2) is 0 Å². The molecule has 1 saturated heterocycles. The molecule has 0 aliphatic carbocycles. The number of rotatable bonds is 9. The van der Waals surface area contributed by atoms with Gasteiger partial charge in [0.25, 0.3) is 0 Å². The van der Waals surface area contributed by atoms with Crippen LogP contribution in [0.2, 0.25) is 0 Å². The molecule has 1 aliphatic rings. The van der Waals surface area contributed by atoms with Crippen molar-refractivity contribution in [2.75, 3.05) is 46.4 Å². The molecule has 0 unspecified atom stereocenters. The first-order valence-electron chi connectivity index (χ1n) is 8.77. The van der Waals surface area contributed by atoms with Crippen molar-refractivity contribution in [2.24, 2.45) is 5.73 Å². The molecule has 0 spiro atoms. The summed E-state index contributed by atoms with van der Waals surface area (Å²) in [4.78, 5) is 4.55. The Morgan fingerprint density at radius 2 is 2.04 bits per heavy atom. The summed E-state index contributed by atoms with van der Waals surface area (Å²) in [5.41, 5.74) is 8.74. The minimum absolute atomic E-state index is 0. The van der Waals surface area contributed by atoms with Crippen LogP contribution in [-0.2, 0) is 6.54 Å². The normalized spacial score (nSPS) is 15.0. The van der Waals surface area contributed by atoms with Crippen LogP contribution in [0, 0.1) is 11.3 Å². The number of nitriles is 1. The van der Waals surface area contributed by atoms with Gasteiger partial charge < -0.3 is 26.6 Å². The van der Waals surface area contributed by atoms with Crippen LogP contribution in [0.5, 0.6) is 0 Å². The molecule has 0 atom stereocenters. The number of hydrogen-bond acceptors (Lipinski definition) is 6. The van der Waals surface area contributed by atoms with Crippen LogP contribution in [-0.4, -0.2) is 56.2 Å². The van der Waals surface area contributed by atoms with Gasteiger partial charge in [0.1, 0.15) is 6.54 Å². The fraction of sp³-hybridized carbons (Fsp3) is 0.421. The number of benzene rings is 1. The summed E-state index contributed by atoms with van der Waals surface area (Å²) in [6.07, 6.45) is 0. The minimum Gasteiger partial charge on any atom is -0.493 e. The number of piperazine rings is 1. The second-order valence-electron chi connectivity index (χ2n) is 6.14. The zero-order valence-electron chi connectivity index (χ0n) is 16.4. The SMILES string of the molecule is C=C(NCC#N)/C(=C(/N)[N-]C)N(Cc1ccccc1)CN1CCNCC1.[K+]. The zero-order valence-corrected chi connectivity index (χ0v) is 19.5. The fourth-order valence-electron chi connectivity index (χ4n) is 2.94. The molecule has 4 N–H and O–H groups in total. The third-order valence-corrected chi connectivity index (χ3v) is 4.26. The zero-order chi connectivity index (χ0) is 18.8. The maximum atomic E-state index is 8.87. The van der Waals surface area contributed by atoms with Gasteiger partial charge in [-0.05, 0) is 11.4 Å². The van der Waals surface area contributed by atoms with E-state index < -0.39 is 0 Å². The summed E-state index contributed by atoms with van der Waals surface area (Å²) in [5.74, 6) is 0.409. The van der Waals surface area contributed by atoms with E-state index in [9.17, 15) is 0 Å². The Labute approximate surface area is 205 Å². The van der Waals surface area contributed by atoms with Gasteiger partial charge in [0.2, 0.25) is 0 Å². The van der Waals surface area contributed by atoms with Crippen molar-refractivity contribution in [2.45, 2.75) is 6.54 Å². The van der Waals surface area contributed by atoms with E-state index in [1.165, 1.54) is 5.56 Å². The first-order valence-corrected chi connectivity index (χ1v) is 8.77. The van der Waals surface area contributed by atoms with Gasteiger partial charge in [-0.2, -0.15) is 5.26 Å². The van der Waals surface area contributed by atoms with Crippen molar-refractivity contribution >= 4 is 0 Å². The Morgan fingerprint density at radius 1 is 1.37 bits per heavy atom. The van der Waals surface area contributed by atoms with Crippen LogP contribution in [0.15, 0.2) is 54.1 Å². The average Bonchev–Trinajstić information content (AvgIpc) is 2.68. The number of nitrogens with zero attached hydrogens (tertiary/aromatic N) is 4. The van der Waals surface area contributed by atoms with Gasteiger partial charge >= 0.3 is 51.4 Å². The van der Waals surface area contributed by atoms with E-state index in [0.717, 1.165) is 38.5 Å². The molecule has 1 heterocycles. The Balaban J connectivity index is 0.00000364. The molecule has 27 heavy (non-hydrogen) atoms. The first-order chi connectivity index (χ1) is 12.7. The summed E-state index contributed by atoms with van der Waals surface area (Å²) in [7, 11) is 1.67. The molecule has 1 aromatic carbocycles. The van der Waals surface area contributed by atoms with Gasteiger partial charge in [-0.1, -0.05) is 44.0 Å². The molecule has 0 bridgehead atoms. The van der Waals surface area contributed by atoms with Crippen molar-refractivity contribution in [1.82, 2.24) is 20.4 Å². The Bertz CT molecular complexity index is 648.